The van der Waals surface area contributed by atoms with E-state index >= 15 is 0 Å². The summed E-state index contributed by atoms with van der Waals surface area (Å²) in [7, 11) is 0. The monoisotopic (exact) mass is 598 g/mol. The molecule has 2 aliphatic heterocycles. The van der Waals surface area contributed by atoms with Gasteiger partial charge < -0.3 is 54.3 Å². The Balaban J connectivity index is 2.48. The first-order valence-corrected chi connectivity index (χ1v) is 12.5. The van der Waals surface area contributed by atoms with Crippen LogP contribution in [-0.2, 0) is 28.5 Å². The average Bonchev–Trinajstić information content (AvgIpc) is 2.95. The Bertz CT molecular complexity index is 871. The largest absolute Gasteiger partial charge is 0.480 e. The third-order valence-corrected chi connectivity index (χ3v) is 6.71. The Kier molecular flexibility index (Phi) is 14.2. The fourth-order valence-corrected chi connectivity index (χ4v) is 4.51. The number of carboxylic acids is 1. The van der Waals surface area contributed by atoms with Gasteiger partial charge in [-0.05, 0) is 0 Å². The number of aliphatic hydroxyl groups is 5. The number of carboxylic acid groups (broad SMARTS) is 1. The number of carbonyl (C=O) groups is 1. The Morgan fingerprint density at radius 2 is 1.68 bits per heavy atom. The lowest BCUT2D eigenvalue weighted by atomic mass is 9.93. The zero-order valence-electron chi connectivity index (χ0n) is 21.8. The Morgan fingerprint density at radius 3 is 2.20 bits per heavy atom. The molecule has 13 atom stereocenters. The number of hydrogen-bond donors (Lipinski definition) is 6. The molecule has 2 saturated heterocycles. The highest BCUT2D eigenvalue weighted by Crippen LogP contribution is 2.34. The van der Waals surface area contributed by atoms with Crippen LogP contribution >= 0.6 is 0 Å². The SMILES string of the molecule is CC(CO)C(OC1OC(CN=O)C(OC2OC(CO)CC(O)C2N=O)C(N=O)C1OCC(=O)O)C(O)C(CO)N=O. The minimum atomic E-state index is -1.84. The fourth-order valence-electron chi connectivity index (χ4n) is 4.51. The van der Waals surface area contributed by atoms with Crippen LogP contribution in [-0.4, -0.2) is 143 Å². The molecular formula is C21H34N4O16. The molecule has 2 rings (SSSR count). The van der Waals surface area contributed by atoms with Gasteiger partial charge in [-0.2, -0.15) is 19.6 Å². The van der Waals surface area contributed by atoms with Crippen LogP contribution in [0.5, 0.6) is 0 Å². The summed E-state index contributed by atoms with van der Waals surface area (Å²) in [6, 6.07) is -4.96. The van der Waals surface area contributed by atoms with Crippen molar-refractivity contribution in [2.24, 2.45) is 26.6 Å². The summed E-state index contributed by atoms with van der Waals surface area (Å²) in [6.45, 7) is -2.52. The Morgan fingerprint density at radius 1 is 1.00 bits per heavy atom. The Labute approximate surface area is 231 Å². The van der Waals surface area contributed by atoms with E-state index in [2.05, 4.69) is 20.7 Å². The number of rotatable bonds is 18. The normalized spacial score (nSPS) is 35.0. The number of nitrogens with zero attached hydrogens (tertiary/aromatic N) is 4. The van der Waals surface area contributed by atoms with Gasteiger partial charge in [0.1, 0.15) is 43.6 Å². The van der Waals surface area contributed by atoms with Crippen LogP contribution in [0.1, 0.15) is 13.3 Å². The van der Waals surface area contributed by atoms with Crippen molar-refractivity contribution < 1.29 is 59.1 Å². The van der Waals surface area contributed by atoms with Crippen molar-refractivity contribution in [3.8, 4) is 0 Å². The van der Waals surface area contributed by atoms with Crippen LogP contribution in [0.3, 0.4) is 0 Å². The quantitative estimate of drug-likeness (QED) is 0.0893. The van der Waals surface area contributed by atoms with Gasteiger partial charge in [0, 0.05) is 18.9 Å². The number of aliphatic carboxylic acids is 1. The van der Waals surface area contributed by atoms with Crippen molar-refractivity contribution >= 4 is 5.97 Å². The van der Waals surface area contributed by atoms with Gasteiger partial charge in [0.15, 0.2) is 24.7 Å². The fraction of sp³-hybridized carbons (Fsp3) is 0.952. The standard InChI is InChI=1S/C21H34N4O16/c1-8(4-26)17(16(32)10(6-28)23-34)40-21-19(37-7-13(30)31)15(25-36)18(12(39-21)3-22-33)41-20-14(24-35)11(29)2-9(5-27)38-20/h8-12,14-21,26-29,32H,2-7H2,1H3,(H,30,31). The van der Waals surface area contributed by atoms with Gasteiger partial charge in [0.25, 0.3) is 0 Å². The lowest BCUT2D eigenvalue weighted by molar-refractivity contribution is -0.331. The molecule has 2 aliphatic rings. The molecule has 0 aromatic rings. The number of hydrogen-bond acceptors (Lipinski definition) is 19. The summed E-state index contributed by atoms with van der Waals surface area (Å²) in [5, 5.41) is 69.7. The van der Waals surface area contributed by atoms with Gasteiger partial charge in [-0.25, -0.2) is 4.79 Å². The Hall–Kier alpha value is -2.53. The van der Waals surface area contributed by atoms with E-state index in [1.54, 1.807) is 0 Å². The van der Waals surface area contributed by atoms with E-state index in [0.29, 0.717) is 0 Å². The molecular weight excluding hydrogens is 564 g/mol. The first kappa shape index (κ1) is 34.7. The van der Waals surface area contributed by atoms with Gasteiger partial charge in [-0.15, -0.1) is 0 Å². The van der Waals surface area contributed by atoms with Gasteiger partial charge >= 0.3 is 5.97 Å². The number of aliphatic hydroxyl groups excluding tert-OH is 5. The maximum absolute atomic E-state index is 12.1. The van der Waals surface area contributed by atoms with Crippen molar-refractivity contribution in [2.45, 2.75) is 86.8 Å². The van der Waals surface area contributed by atoms with Crippen LogP contribution in [0.15, 0.2) is 20.7 Å². The summed E-state index contributed by atoms with van der Waals surface area (Å²) in [5.41, 5.74) is 0. The third-order valence-electron chi connectivity index (χ3n) is 6.71. The molecule has 234 valence electrons. The minimum Gasteiger partial charge on any atom is -0.480 e. The summed E-state index contributed by atoms with van der Waals surface area (Å²) in [5.74, 6) is -2.46. The molecule has 20 nitrogen and oxygen atoms in total. The van der Waals surface area contributed by atoms with Crippen LogP contribution in [0.2, 0.25) is 0 Å². The maximum atomic E-state index is 12.1. The zero-order chi connectivity index (χ0) is 30.7. The van der Waals surface area contributed by atoms with Gasteiger partial charge in [-0.3, -0.25) is 0 Å². The second-order valence-corrected chi connectivity index (χ2v) is 9.54. The first-order chi connectivity index (χ1) is 19.6. The molecule has 41 heavy (non-hydrogen) atoms. The molecule has 0 aliphatic carbocycles. The van der Waals surface area contributed by atoms with Gasteiger partial charge in [-0.1, -0.05) is 27.6 Å². The highest BCUT2D eigenvalue weighted by Gasteiger charge is 2.53. The molecule has 0 spiro atoms. The second-order valence-electron chi connectivity index (χ2n) is 9.54. The highest BCUT2D eigenvalue weighted by atomic mass is 16.7. The predicted octanol–water partition coefficient (Wildman–Crippen LogP) is -2.43. The van der Waals surface area contributed by atoms with Crippen molar-refractivity contribution in [1.82, 2.24) is 0 Å². The second kappa shape index (κ2) is 16.8. The summed E-state index contributed by atoms with van der Waals surface area (Å²) >= 11 is 0. The van der Waals surface area contributed by atoms with E-state index in [9.17, 15) is 50.0 Å². The lowest BCUT2D eigenvalue weighted by Gasteiger charge is -2.46. The van der Waals surface area contributed by atoms with Crippen LogP contribution in [0, 0.1) is 25.5 Å². The molecule has 0 amide bonds. The molecule has 0 radical (unpaired) electrons. The van der Waals surface area contributed by atoms with Gasteiger partial charge in [0.2, 0.25) is 0 Å². The molecule has 2 heterocycles. The van der Waals surface area contributed by atoms with Crippen molar-refractivity contribution in [2.75, 3.05) is 33.0 Å². The summed E-state index contributed by atoms with van der Waals surface area (Å²) in [4.78, 5) is 57.2. The molecule has 0 saturated carbocycles. The molecule has 13 unspecified atom stereocenters. The number of ether oxygens (including phenoxy) is 5. The molecule has 2 fully saturated rings. The maximum Gasteiger partial charge on any atom is 0.329 e. The van der Waals surface area contributed by atoms with Gasteiger partial charge in [0.05, 0.1) is 31.5 Å². The highest BCUT2D eigenvalue weighted by molar-refractivity contribution is 5.68. The molecule has 0 aromatic carbocycles. The van der Waals surface area contributed by atoms with Crippen molar-refractivity contribution in [1.29, 1.82) is 0 Å². The van der Waals surface area contributed by atoms with E-state index in [1.165, 1.54) is 6.92 Å². The van der Waals surface area contributed by atoms with Crippen LogP contribution < -0.4 is 0 Å². The first-order valence-electron chi connectivity index (χ1n) is 12.5. The molecule has 20 heteroatoms. The van der Waals surface area contributed by atoms with Crippen LogP contribution in [0.4, 0.5) is 0 Å². The third kappa shape index (κ3) is 8.73. The van der Waals surface area contributed by atoms with E-state index in [1.807, 2.05) is 0 Å². The van der Waals surface area contributed by atoms with E-state index < -0.39 is 118 Å². The molecule has 6 N–H and O–H groups in total. The smallest absolute Gasteiger partial charge is 0.329 e. The molecule has 0 aromatic heterocycles. The van der Waals surface area contributed by atoms with E-state index in [4.69, 9.17) is 28.8 Å². The minimum absolute atomic E-state index is 0.180. The van der Waals surface area contributed by atoms with E-state index in [0.717, 1.165) is 0 Å². The summed E-state index contributed by atoms with van der Waals surface area (Å²) < 4.78 is 28.0. The average molecular weight is 599 g/mol. The van der Waals surface area contributed by atoms with E-state index in [-0.39, 0.29) is 6.42 Å². The number of nitroso groups, excluding NO2 is 4. The predicted molar refractivity (Wildman–Crippen MR) is 131 cm³/mol. The zero-order valence-corrected chi connectivity index (χ0v) is 21.8. The topological polar surface area (TPSA) is 302 Å². The van der Waals surface area contributed by atoms with Crippen molar-refractivity contribution in [3.05, 3.63) is 19.6 Å². The molecule has 0 bridgehead atoms. The lowest BCUT2D eigenvalue weighted by Crippen LogP contribution is -2.63. The summed E-state index contributed by atoms with van der Waals surface area (Å²) in [6.07, 6.45) is -14.4. The van der Waals surface area contributed by atoms with Crippen molar-refractivity contribution in [3.63, 3.8) is 0 Å². The van der Waals surface area contributed by atoms with Crippen LogP contribution in [0.25, 0.3) is 0 Å².